The Morgan fingerprint density at radius 3 is 2.86 bits per heavy atom. The first-order chi connectivity index (χ1) is 10.4. The van der Waals surface area contributed by atoms with E-state index in [9.17, 15) is 0 Å². The highest BCUT2D eigenvalue weighted by Crippen LogP contribution is 2.25. The van der Waals surface area contributed by atoms with Gasteiger partial charge in [-0.05, 0) is 37.3 Å². The topological polar surface area (TPSA) is 34.0 Å². The SMILES string of the molecule is CC[C@@H](CN1CCC[C@@H](n2cncn2)C1)c1ccccc1. The van der Waals surface area contributed by atoms with E-state index < -0.39 is 0 Å². The molecule has 1 fully saturated rings. The summed E-state index contributed by atoms with van der Waals surface area (Å²) in [5, 5.41) is 4.31. The zero-order chi connectivity index (χ0) is 14.5. The summed E-state index contributed by atoms with van der Waals surface area (Å²) in [6.07, 6.45) is 7.13. The molecular formula is C17H24N4. The lowest BCUT2D eigenvalue weighted by molar-refractivity contribution is 0.160. The summed E-state index contributed by atoms with van der Waals surface area (Å²) in [5.74, 6) is 0.626. The van der Waals surface area contributed by atoms with Crippen molar-refractivity contribution in [2.75, 3.05) is 19.6 Å². The van der Waals surface area contributed by atoms with Crippen molar-refractivity contribution in [3.63, 3.8) is 0 Å². The van der Waals surface area contributed by atoms with E-state index >= 15 is 0 Å². The molecule has 0 aliphatic carbocycles. The summed E-state index contributed by atoms with van der Waals surface area (Å²) in [6, 6.07) is 11.4. The fourth-order valence-corrected chi connectivity index (χ4v) is 3.33. The van der Waals surface area contributed by atoms with E-state index in [-0.39, 0.29) is 0 Å². The third kappa shape index (κ3) is 3.50. The Bertz CT molecular complexity index is 523. The average Bonchev–Trinajstić information content (AvgIpc) is 3.08. The zero-order valence-electron chi connectivity index (χ0n) is 12.7. The van der Waals surface area contributed by atoms with Gasteiger partial charge in [0, 0.05) is 13.1 Å². The first kappa shape index (κ1) is 14.3. The third-order valence-electron chi connectivity index (χ3n) is 4.53. The van der Waals surface area contributed by atoms with E-state index in [1.807, 2.05) is 11.0 Å². The molecule has 0 radical (unpaired) electrons. The first-order valence-corrected chi connectivity index (χ1v) is 7.98. The predicted octanol–water partition coefficient (Wildman–Crippen LogP) is 3.11. The standard InChI is InChI=1S/C17H24N4/c1-2-15(16-7-4-3-5-8-16)11-20-10-6-9-17(12-20)21-14-18-13-19-21/h3-5,7-8,13-15,17H,2,6,9-12H2,1H3/t15-,17+/m0/s1. The van der Waals surface area contributed by atoms with E-state index in [1.54, 1.807) is 6.33 Å². The number of likely N-dealkylation sites (tertiary alicyclic amines) is 1. The van der Waals surface area contributed by atoms with Crippen molar-refractivity contribution in [2.45, 2.75) is 38.1 Å². The second kappa shape index (κ2) is 6.85. The van der Waals surface area contributed by atoms with Crippen LogP contribution >= 0.6 is 0 Å². The molecule has 4 heteroatoms. The molecule has 0 bridgehead atoms. The number of hydrogen-bond donors (Lipinski definition) is 0. The van der Waals surface area contributed by atoms with Crippen molar-refractivity contribution in [1.82, 2.24) is 19.7 Å². The summed E-state index contributed by atoms with van der Waals surface area (Å²) in [5.41, 5.74) is 1.46. The van der Waals surface area contributed by atoms with Gasteiger partial charge >= 0.3 is 0 Å². The molecular weight excluding hydrogens is 260 g/mol. The van der Waals surface area contributed by atoms with Gasteiger partial charge in [0.2, 0.25) is 0 Å². The fourth-order valence-electron chi connectivity index (χ4n) is 3.33. The first-order valence-electron chi connectivity index (χ1n) is 7.98. The van der Waals surface area contributed by atoms with Crippen LogP contribution in [0.2, 0.25) is 0 Å². The molecule has 21 heavy (non-hydrogen) atoms. The summed E-state index contributed by atoms with van der Waals surface area (Å²) in [4.78, 5) is 6.67. The van der Waals surface area contributed by atoms with Crippen LogP contribution in [0.5, 0.6) is 0 Å². The van der Waals surface area contributed by atoms with Crippen LogP contribution < -0.4 is 0 Å². The Morgan fingerprint density at radius 2 is 2.14 bits per heavy atom. The second-order valence-corrected chi connectivity index (χ2v) is 5.95. The van der Waals surface area contributed by atoms with Crippen LogP contribution in [0.1, 0.15) is 43.7 Å². The molecule has 4 nitrogen and oxygen atoms in total. The molecule has 2 atom stereocenters. The van der Waals surface area contributed by atoms with Crippen molar-refractivity contribution in [2.24, 2.45) is 0 Å². The van der Waals surface area contributed by atoms with Crippen LogP contribution in [0.4, 0.5) is 0 Å². The smallest absolute Gasteiger partial charge is 0.137 e. The molecule has 0 amide bonds. The molecule has 0 saturated carbocycles. The minimum atomic E-state index is 0.481. The Kier molecular flexibility index (Phi) is 4.65. The Balaban J connectivity index is 1.63. The maximum atomic E-state index is 4.31. The number of hydrogen-bond acceptors (Lipinski definition) is 3. The molecule has 112 valence electrons. The largest absolute Gasteiger partial charge is 0.301 e. The van der Waals surface area contributed by atoms with Gasteiger partial charge in [-0.1, -0.05) is 37.3 Å². The zero-order valence-corrected chi connectivity index (χ0v) is 12.7. The number of nitrogens with zero attached hydrogens (tertiary/aromatic N) is 4. The van der Waals surface area contributed by atoms with Crippen LogP contribution in [0.15, 0.2) is 43.0 Å². The van der Waals surface area contributed by atoms with Crippen LogP contribution in [0.25, 0.3) is 0 Å². The molecule has 2 heterocycles. The van der Waals surface area contributed by atoms with E-state index in [2.05, 4.69) is 52.2 Å². The molecule has 0 spiro atoms. The quantitative estimate of drug-likeness (QED) is 0.846. The lowest BCUT2D eigenvalue weighted by atomic mass is 9.94. The Labute approximate surface area is 126 Å². The van der Waals surface area contributed by atoms with Crippen LogP contribution in [-0.2, 0) is 0 Å². The highest BCUT2D eigenvalue weighted by Gasteiger charge is 2.23. The molecule has 1 aliphatic rings. The average molecular weight is 284 g/mol. The monoisotopic (exact) mass is 284 g/mol. The summed E-state index contributed by atoms with van der Waals surface area (Å²) < 4.78 is 2.02. The van der Waals surface area contributed by atoms with Gasteiger partial charge in [0.15, 0.2) is 0 Å². The van der Waals surface area contributed by atoms with Gasteiger partial charge in [0.25, 0.3) is 0 Å². The number of piperidine rings is 1. The lowest BCUT2D eigenvalue weighted by Gasteiger charge is -2.34. The van der Waals surface area contributed by atoms with Crippen molar-refractivity contribution >= 4 is 0 Å². The van der Waals surface area contributed by atoms with Crippen LogP contribution in [0.3, 0.4) is 0 Å². The van der Waals surface area contributed by atoms with Gasteiger partial charge in [-0.2, -0.15) is 5.10 Å². The molecule has 1 aromatic heterocycles. The minimum Gasteiger partial charge on any atom is -0.301 e. The van der Waals surface area contributed by atoms with E-state index in [4.69, 9.17) is 0 Å². The maximum absolute atomic E-state index is 4.31. The number of benzene rings is 1. The number of aromatic nitrogens is 3. The van der Waals surface area contributed by atoms with Gasteiger partial charge in [-0.3, -0.25) is 0 Å². The van der Waals surface area contributed by atoms with Gasteiger partial charge in [0.05, 0.1) is 6.04 Å². The van der Waals surface area contributed by atoms with E-state index in [1.165, 1.54) is 31.4 Å². The van der Waals surface area contributed by atoms with Crippen LogP contribution in [-0.4, -0.2) is 39.3 Å². The van der Waals surface area contributed by atoms with Crippen molar-refractivity contribution < 1.29 is 0 Å². The third-order valence-corrected chi connectivity index (χ3v) is 4.53. The second-order valence-electron chi connectivity index (χ2n) is 5.95. The minimum absolute atomic E-state index is 0.481. The van der Waals surface area contributed by atoms with Gasteiger partial charge in [0.1, 0.15) is 12.7 Å². The molecule has 0 unspecified atom stereocenters. The van der Waals surface area contributed by atoms with Gasteiger partial charge < -0.3 is 4.90 Å². The summed E-state index contributed by atoms with van der Waals surface area (Å²) >= 11 is 0. The number of rotatable bonds is 5. The lowest BCUT2D eigenvalue weighted by Crippen LogP contribution is -2.39. The molecule has 1 aromatic carbocycles. The maximum Gasteiger partial charge on any atom is 0.137 e. The van der Waals surface area contributed by atoms with Crippen molar-refractivity contribution in [3.8, 4) is 0 Å². The highest BCUT2D eigenvalue weighted by atomic mass is 15.3. The summed E-state index contributed by atoms with van der Waals surface area (Å²) in [7, 11) is 0. The fraction of sp³-hybridized carbons (Fsp3) is 0.529. The molecule has 1 aliphatic heterocycles. The van der Waals surface area contributed by atoms with Crippen molar-refractivity contribution in [3.05, 3.63) is 48.5 Å². The molecule has 2 aromatic rings. The van der Waals surface area contributed by atoms with Crippen LogP contribution in [0, 0.1) is 0 Å². The normalized spacial score (nSPS) is 21.3. The summed E-state index contributed by atoms with van der Waals surface area (Å²) in [6.45, 7) is 5.73. The van der Waals surface area contributed by atoms with Crippen molar-refractivity contribution in [1.29, 1.82) is 0 Å². The molecule has 3 rings (SSSR count). The Hall–Kier alpha value is -1.68. The molecule has 0 N–H and O–H groups in total. The predicted molar refractivity (Wildman–Crippen MR) is 84.2 cm³/mol. The van der Waals surface area contributed by atoms with E-state index in [0.717, 1.165) is 13.1 Å². The van der Waals surface area contributed by atoms with Gasteiger partial charge in [-0.25, -0.2) is 9.67 Å². The Morgan fingerprint density at radius 1 is 1.29 bits per heavy atom. The highest BCUT2D eigenvalue weighted by molar-refractivity contribution is 5.19. The van der Waals surface area contributed by atoms with Gasteiger partial charge in [-0.15, -0.1) is 0 Å². The van der Waals surface area contributed by atoms with E-state index in [0.29, 0.717) is 12.0 Å². The molecule has 1 saturated heterocycles.